The molecule has 0 saturated carbocycles. The first-order valence-corrected chi connectivity index (χ1v) is 6.48. The van der Waals surface area contributed by atoms with Crippen molar-refractivity contribution in [1.82, 2.24) is 0 Å². The summed E-state index contributed by atoms with van der Waals surface area (Å²) < 4.78 is 5.58. The summed E-state index contributed by atoms with van der Waals surface area (Å²) in [5, 5.41) is 0. The number of benzene rings is 1. The molecule has 0 N–H and O–H groups in total. The normalized spacial score (nSPS) is 22.5. The quantitative estimate of drug-likeness (QED) is 0.725. The molecular weight excluding hydrogens is 210 g/mol. The molecule has 0 spiro atoms. The maximum atomic E-state index is 5.58. The Kier molecular flexibility index (Phi) is 2.65. The van der Waals surface area contributed by atoms with Gasteiger partial charge in [0.05, 0.1) is 7.11 Å². The smallest absolute Gasteiger partial charge is 0.125 e. The summed E-state index contributed by atoms with van der Waals surface area (Å²) in [5.74, 6) is 1.78. The first-order valence-electron chi connectivity index (χ1n) is 6.48. The molecule has 1 aromatic rings. The van der Waals surface area contributed by atoms with Crippen molar-refractivity contribution in [1.29, 1.82) is 0 Å². The van der Waals surface area contributed by atoms with E-state index in [0.29, 0.717) is 5.92 Å². The molecule has 1 aliphatic heterocycles. The number of aryl methyl sites for hydroxylation is 1. The van der Waals surface area contributed by atoms with Crippen molar-refractivity contribution in [2.24, 2.45) is 10.9 Å². The topological polar surface area (TPSA) is 21.6 Å². The van der Waals surface area contributed by atoms with Crippen LogP contribution in [-0.4, -0.2) is 19.4 Å². The predicted molar refractivity (Wildman–Crippen MR) is 70.2 cm³/mol. The molecule has 0 fully saturated rings. The standard InChI is InChI=1S/C15H19NO/c1-10-5-6-11-9-14-12(4-3-7-16-14)8-13(11)15(10)17-2/h5-6,12H,3-4,7-9H2,1-2H3. The van der Waals surface area contributed by atoms with E-state index in [9.17, 15) is 0 Å². The van der Waals surface area contributed by atoms with Crippen LogP contribution in [0.25, 0.3) is 0 Å². The molecule has 2 aliphatic rings. The van der Waals surface area contributed by atoms with E-state index in [0.717, 1.165) is 25.1 Å². The summed E-state index contributed by atoms with van der Waals surface area (Å²) in [5.41, 5.74) is 5.53. The number of nitrogens with zero attached hydrogens (tertiary/aromatic N) is 1. The lowest BCUT2D eigenvalue weighted by atomic mass is 9.78. The van der Waals surface area contributed by atoms with Crippen molar-refractivity contribution >= 4 is 5.71 Å². The van der Waals surface area contributed by atoms with Gasteiger partial charge in [0.25, 0.3) is 0 Å². The van der Waals surface area contributed by atoms with Crippen molar-refractivity contribution in [3.63, 3.8) is 0 Å². The Morgan fingerprint density at radius 3 is 3.06 bits per heavy atom. The fourth-order valence-corrected chi connectivity index (χ4v) is 3.18. The molecule has 1 atom stereocenters. The molecule has 3 rings (SSSR count). The zero-order valence-electron chi connectivity index (χ0n) is 10.6. The van der Waals surface area contributed by atoms with E-state index in [1.54, 1.807) is 7.11 Å². The van der Waals surface area contributed by atoms with Crippen LogP contribution in [0.4, 0.5) is 0 Å². The van der Waals surface area contributed by atoms with E-state index >= 15 is 0 Å². The number of aliphatic imine (C=N–C) groups is 1. The number of methoxy groups -OCH3 is 1. The zero-order chi connectivity index (χ0) is 11.8. The van der Waals surface area contributed by atoms with Gasteiger partial charge in [-0.15, -0.1) is 0 Å². The second kappa shape index (κ2) is 4.17. The van der Waals surface area contributed by atoms with Crippen molar-refractivity contribution in [2.45, 2.75) is 32.6 Å². The number of hydrogen-bond acceptors (Lipinski definition) is 2. The third kappa shape index (κ3) is 1.76. The Morgan fingerprint density at radius 1 is 1.35 bits per heavy atom. The lowest BCUT2D eigenvalue weighted by Crippen LogP contribution is -2.29. The van der Waals surface area contributed by atoms with Gasteiger partial charge in [0.15, 0.2) is 0 Å². The van der Waals surface area contributed by atoms with E-state index in [-0.39, 0.29) is 0 Å². The monoisotopic (exact) mass is 229 g/mol. The second-order valence-electron chi connectivity index (χ2n) is 5.15. The molecule has 90 valence electrons. The Balaban J connectivity index is 2.06. The maximum Gasteiger partial charge on any atom is 0.125 e. The average molecular weight is 229 g/mol. The molecule has 2 nitrogen and oxygen atoms in total. The van der Waals surface area contributed by atoms with Crippen LogP contribution >= 0.6 is 0 Å². The lowest BCUT2D eigenvalue weighted by Gasteiger charge is -2.31. The Hall–Kier alpha value is -1.31. The van der Waals surface area contributed by atoms with Crippen molar-refractivity contribution in [3.05, 3.63) is 28.8 Å². The first-order chi connectivity index (χ1) is 8.29. The van der Waals surface area contributed by atoms with E-state index < -0.39 is 0 Å². The Morgan fingerprint density at radius 2 is 2.24 bits per heavy atom. The minimum absolute atomic E-state index is 0.673. The van der Waals surface area contributed by atoms with Gasteiger partial charge in [0, 0.05) is 24.6 Å². The van der Waals surface area contributed by atoms with Crippen LogP contribution in [0.2, 0.25) is 0 Å². The number of fused-ring (bicyclic) bond motifs is 2. The minimum Gasteiger partial charge on any atom is -0.496 e. The van der Waals surface area contributed by atoms with E-state index in [2.05, 4.69) is 19.1 Å². The lowest BCUT2D eigenvalue weighted by molar-refractivity contribution is 0.401. The van der Waals surface area contributed by atoms with Crippen molar-refractivity contribution in [2.75, 3.05) is 13.7 Å². The van der Waals surface area contributed by atoms with Gasteiger partial charge in [0.2, 0.25) is 0 Å². The number of hydrogen-bond donors (Lipinski definition) is 0. The number of rotatable bonds is 1. The summed E-state index contributed by atoms with van der Waals surface area (Å²) in [6, 6.07) is 4.42. The molecular formula is C15H19NO. The minimum atomic E-state index is 0.673. The Labute approximate surface area is 103 Å². The summed E-state index contributed by atoms with van der Waals surface area (Å²) in [4.78, 5) is 4.70. The summed E-state index contributed by atoms with van der Waals surface area (Å²) in [7, 11) is 1.78. The van der Waals surface area contributed by atoms with Crippen LogP contribution in [0.15, 0.2) is 17.1 Å². The molecule has 1 unspecified atom stereocenters. The molecule has 0 aromatic heterocycles. The van der Waals surface area contributed by atoms with Gasteiger partial charge in [-0.1, -0.05) is 12.1 Å². The van der Waals surface area contributed by atoms with Crippen LogP contribution in [-0.2, 0) is 12.8 Å². The molecule has 1 heterocycles. The highest BCUT2D eigenvalue weighted by atomic mass is 16.5. The van der Waals surface area contributed by atoms with Crippen molar-refractivity contribution in [3.8, 4) is 5.75 Å². The van der Waals surface area contributed by atoms with E-state index in [4.69, 9.17) is 9.73 Å². The largest absolute Gasteiger partial charge is 0.496 e. The van der Waals surface area contributed by atoms with Crippen LogP contribution in [0.1, 0.15) is 29.5 Å². The molecule has 1 aliphatic carbocycles. The summed E-state index contributed by atoms with van der Waals surface area (Å²) in [6.07, 6.45) is 4.71. The highest BCUT2D eigenvalue weighted by Crippen LogP contribution is 2.36. The summed E-state index contributed by atoms with van der Waals surface area (Å²) >= 11 is 0. The SMILES string of the molecule is COc1c(C)ccc2c1CC1CCCN=C1C2. The van der Waals surface area contributed by atoms with E-state index in [1.807, 2.05) is 0 Å². The highest BCUT2D eigenvalue weighted by molar-refractivity contribution is 5.91. The van der Waals surface area contributed by atoms with Crippen LogP contribution in [0, 0.1) is 12.8 Å². The van der Waals surface area contributed by atoms with Gasteiger partial charge >= 0.3 is 0 Å². The zero-order valence-corrected chi connectivity index (χ0v) is 10.6. The Bertz CT molecular complexity index is 476. The summed E-state index contributed by atoms with van der Waals surface area (Å²) in [6.45, 7) is 3.16. The average Bonchev–Trinajstić information content (AvgIpc) is 2.36. The van der Waals surface area contributed by atoms with Crippen molar-refractivity contribution < 1.29 is 4.74 Å². The van der Waals surface area contributed by atoms with Crippen LogP contribution < -0.4 is 4.74 Å². The molecule has 0 bridgehead atoms. The van der Waals surface area contributed by atoms with Gasteiger partial charge in [0.1, 0.15) is 5.75 Å². The third-order valence-corrected chi connectivity index (χ3v) is 4.08. The first kappa shape index (κ1) is 10.8. The molecule has 1 aromatic carbocycles. The van der Waals surface area contributed by atoms with E-state index in [1.165, 1.54) is 35.2 Å². The third-order valence-electron chi connectivity index (χ3n) is 4.08. The van der Waals surface area contributed by atoms with Gasteiger partial charge in [-0.2, -0.15) is 0 Å². The van der Waals surface area contributed by atoms with Crippen LogP contribution in [0.5, 0.6) is 5.75 Å². The van der Waals surface area contributed by atoms with Gasteiger partial charge < -0.3 is 4.74 Å². The van der Waals surface area contributed by atoms with Gasteiger partial charge in [-0.25, -0.2) is 0 Å². The number of ether oxygens (including phenoxy) is 1. The molecule has 2 heteroatoms. The van der Waals surface area contributed by atoms with Crippen LogP contribution in [0.3, 0.4) is 0 Å². The fraction of sp³-hybridized carbons (Fsp3) is 0.533. The molecule has 17 heavy (non-hydrogen) atoms. The van der Waals surface area contributed by atoms with Gasteiger partial charge in [-0.3, -0.25) is 4.99 Å². The second-order valence-corrected chi connectivity index (χ2v) is 5.15. The highest BCUT2D eigenvalue weighted by Gasteiger charge is 2.28. The molecule has 0 saturated heterocycles. The molecule has 0 radical (unpaired) electrons. The predicted octanol–water partition coefficient (Wildman–Crippen LogP) is 2.95. The molecule has 0 amide bonds. The maximum absolute atomic E-state index is 5.58. The fourth-order valence-electron chi connectivity index (χ4n) is 3.18. The van der Waals surface area contributed by atoms with Gasteiger partial charge in [-0.05, 0) is 42.9 Å².